The molecule has 2 saturated carbocycles. The van der Waals surface area contributed by atoms with E-state index in [9.17, 15) is 14.1 Å². The van der Waals surface area contributed by atoms with Gasteiger partial charge in [0.1, 0.15) is 5.75 Å². The van der Waals surface area contributed by atoms with Gasteiger partial charge in [0.2, 0.25) is 0 Å². The highest BCUT2D eigenvalue weighted by Crippen LogP contribution is 2.62. The Hall–Kier alpha value is -1.24. The van der Waals surface area contributed by atoms with Gasteiger partial charge in [0, 0.05) is 28.9 Å². The Morgan fingerprint density at radius 2 is 1.97 bits per heavy atom. The fourth-order valence-electron chi connectivity index (χ4n) is 7.50. The minimum Gasteiger partial charge on any atom is -0.426 e. The van der Waals surface area contributed by atoms with E-state index >= 15 is 0 Å². The number of nitrogens with zero attached hydrogens (tertiary/aromatic N) is 1. The highest BCUT2D eigenvalue weighted by molar-refractivity contribution is 7.84. The predicted octanol–water partition coefficient (Wildman–Crippen LogP) is 5.32. The number of benzene rings is 1. The molecule has 3 aliphatic rings. The lowest BCUT2D eigenvalue weighted by Gasteiger charge is -2.53. The average Bonchev–Trinajstić information content (AvgIpc) is 3.15. The summed E-state index contributed by atoms with van der Waals surface area (Å²) in [5, 5.41) is 10.9. The summed E-state index contributed by atoms with van der Waals surface area (Å²) in [5.41, 5.74) is 2.79. The number of unbranched alkanes of at least 4 members (excludes halogenated alkanes) is 1. The number of carbonyl (C=O) groups is 1. The number of aliphatic hydroxyl groups is 1. The molecule has 2 fully saturated rings. The summed E-state index contributed by atoms with van der Waals surface area (Å²) >= 11 is 0. The second kappa shape index (κ2) is 12.1. The summed E-state index contributed by atoms with van der Waals surface area (Å²) < 4.78 is 18.2. The summed E-state index contributed by atoms with van der Waals surface area (Å²) in [6.07, 6.45) is 9.66. The van der Waals surface area contributed by atoms with E-state index in [0.29, 0.717) is 42.4 Å². The zero-order valence-electron chi connectivity index (χ0n) is 22.8. The number of carbonyl (C=O) groups excluding carboxylic acids is 1. The van der Waals surface area contributed by atoms with Crippen LogP contribution < -0.4 is 4.74 Å². The Morgan fingerprint density at radius 3 is 2.72 bits per heavy atom. The molecule has 0 heterocycles. The third-order valence-corrected chi connectivity index (χ3v) is 11.0. The first-order valence-electron chi connectivity index (χ1n) is 14.2. The number of hydrogen-bond acceptors (Lipinski definition) is 5. The molecule has 0 bridgehead atoms. The van der Waals surface area contributed by atoms with E-state index in [1.807, 2.05) is 25.1 Å². The molecule has 202 valence electrons. The number of aliphatic hydroxyl groups excluding tert-OH is 1. The third-order valence-electron chi connectivity index (χ3n) is 9.49. The molecule has 0 spiro atoms. The predicted molar refractivity (Wildman–Crippen MR) is 147 cm³/mol. The lowest BCUT2D eigenvalue weighted by atomic mass is 9.52. The molecule has 1 unspecified atom stereocenters. The van der Waals surface area contributed by atoms with Crippen LogP contribution in [0.3, 0.4) is 0 Å². The van der Waals surface area contributed by atoms with Crippen molar-refractivity contribution in [2.24, 2.45) is 23.2 Å². The first-order valence-corrected chi connectivity index (χ1v) is 15.7. The number of fused-ring (bicyclic) bond motifs is 5. The van der Waals surface area contributed by atoms with Crippen LogP contribution in [0, 0.1) is 23.2 Å². The van der Waals surface area contributed by atoms with Gasteiger partial charge in [-0.25, -0.2) is 0 Å². The van der Waals surface area contributed by atoms with E-state index < -0.39 is 10.8 Å². The van der Waals surface area contributed by atoms with Gasteiger partial charge in [0.05, 0.1) is 12.5 Å². The van der Waals surface area contributed by atoms with Crippen LogP contribution in [0.15, 0.2) is 18.2 Å². The molecular weight excluding hydrogens is 470 g/mol. The van der Waals surface area contributed by atoms with Crippen molar-refractivity contribution in [3.8, 4) is 5.75 Å². The van der Waals surface area contributed by atoms with E-state index in [1.54, 1.807) is 0 Å². The summed E-state index contributed by atoms with van der Waals surface area (Å²) in [5.74, 6) is 4.26. The molecule has 0 aliphatic heterocycles. The van der Waals surface area contributed by atoms with Crippen molar-refractivity contribution in [1.29, 1.82) is 0 Å². The fourth-order valence-corrected chi connectivity index (χ4v) is 8.80. The van der Waals surface area contributed by atoms with E-state index in [1.165, 1.54) is 11.1 Å². The van der Waals surface area contributed by atoms with Crippen molar-refractivity contribution in [1.82, 2.24) is 4.90 Å². The highest BCUT2D eigenvalue weighted by Gasteiger charge is 2.56. The van der Waals surface area contributed by atoms with Gasteiger partial charge in [0.25, 0.3) is 0 Å². The molecule has 4 rings (SSSR count). The zero-order chi connectivity index (χ0) is 25.9. The van der Waals surface area contributed by atoms with Crippen LogP contribution in [0.5, 0.6) is 5.75 Å². The van der Waals surface area contributed by atoms with Crippen LogP contribution in [-0.2, 0) is 22.0 Å². The molecule has 1 aromatic rings. The Morgan fingerprint density at radius 1 is 1.19 bits per heavy atom. The van der Waals surface area contributed by atoms with Crippen molar-refractivity contribution >= 4 is 16.8 Å². The average molecular weight is 518 g/mol. The minimum absolute atomic E-state index is 0.0305. The number of esters is 1. The normalized spacial score (nSPS) is 32.0. The van der Waals surface area contributed by atoms with Gasteiger partial charge in [-0.2, -0.15) is 0 Å². The van der Waals surface area contributed by atoms with Crippen LogP contribution in [0.4, 0.5) is 0 Å². The molecule has 3 aliphatic carbocycles. The smallest absolute Gasteiger partial charge is 0.312 e. The number of hydrogen-bond donors (Lipinski definition) is 1. The molecule has 6 heteroatoms. The van der Waals surface area contributed by atoms with Crippen molar-refractivity contribution in [2.45, 2.75) is 90.1 Å². The minimum atomic E-state index is -0.715. The Kier molecular flexibility index (Phi) is 9.33. The largest absolute Gasteiger partial charge is 0.426 e. The molecule has 0 radical (unpaired) electrons. The van der Waals surface area contributed by atoms with Gasteiger partial charge in [-0.1, -0.05) is 26.3 Å². The van der Waals surface area contributed by atoms with Crippen LogP contribution in [0.1, 0.15) is 88.7 Å². The summed E-state index contributed by atoms with van der Waals surface area (Å²) in [4.78, 5) is 14.3. The van der Waals surface area contributed by atoms with Gasteiger partial charge in [-0.05, 0) is 118 Å². The second-order valence-electron chi connectivity index (χ2n) is 12.1. The maximum absolute atomic E-state index is 12.5. The molecule has 7 atom stereocenters. The quantitative estimate of drug-likeness (QED) is 0.318. The monoisotopic (exact) mass is 517 g/mol. The number of ether oxygens (including phenoxy) is 1. The van der Waals surface area contributed by atoms with Crippen molar-refractivity contribution in [2.75, 3.05) is 32.1 Å². The molecule has 1 N–H and O–H groups in total. The lowest BCUT2D eigenvalue weighted by Crippen LogP contribution is -2.47. The van der Waals surface area contributed by atoms with Gasteiger partial charge in [0.15, 0.2) is 0 Å². The molecule has 36 heavy (non-hydrogen) atoms. The van der Waals surface area contributed by atoms with E-state index in [0.717, 1.165) is 69.3 Å². The number of rotatable bonds is 11. The molecule has 1 aromatic carbocycles. The summed E-state index contributed by atoms with van der Waals surface area (Å²) in [6.45, 7) is 5.16. The van der Waals surface area contributed by atoms with E-state index in [2.05, 4.69) is 26.0 Å². The maximum atomic E-state index is 12.5. The standard InChI is InChI=1S/C30H47NO4S/c1-5-6-17-36(34)18-7-8-21-19-22-20-23(35-28(33)14-16-31(3)4)9-10-24(22)25-13-15-30(2)26(29(21)25)11-12-27(30)32/h9-10,20-21,25-27,29,32H,5-8,11-19H2,1-4H3/t21-,25-,26+,27+,29-,30+,36?/m1/s1. The van der Waals surface area contributed by atoms with Crippen LogP contribution in [0.2, 0.25) is 0 Å². The van der Waals surface area contributed by atoms with Crippen molar-refractivity contribution in [3.63, 3.8) is 0 Å². The molecular formula is C30H47NO4S. The molecule has 0 saturated heterocycles. The maximum Gasteiger partial charge on any atom is 0.312 e. The zero-order valence-corrected chi connectivity index (χ0v) is 23.7. The summed E-state index contributed by atoms with van der Waals surface area (Å²) in [6, 6.07) is 6.31. The first kappa shape index (κ1) is 27.8. The Balaban J connectivity index is 1.53. The van der Waals surface area contributed by atoms with Gasteiger partial charge < -0.3 is 14.7 Å². The first-order chi connectivity index (χ1) is 17.2. The van der Waals surface area contributed by atoms with Crippen molar-refractivity contribution < 1.29 is 18.8 Å². The SMILES string of the molecule is CCCCS(=O)CCC[C@@H]1Cc2cc(OC(=O)CCN(C)C)ccc2[C@H]2CC[C@]3(C)[C@@H](O)CC[C@H]3[C@H]12. The molecule has 0 aromatic heterocycles. The molecule has 5 nitrogen and oxygen atoms in total. The third kappa shape index (κ3) is 6.07. The summed E-state index contributed by atoms with van der Waals surface area (Å²) in [7, 11) is 3.20. The van der Waals surface area contributed by atoms with Gasteiger partial charge >= 0.3 is 5.97 Å². The second-order valence-corrected chi connectivity index (χ2v) is 13.8. The fraction of sp³-hybridized carbons (Fsp3) is 0.767. The van der Waals surface area contributed by atoms with Crippen LogP contribution in [-0.4, -0.2) is 58.4 Å². The Labute approximate surface area is 220 Å². The van der Waals surface area contributed by atoms with E-state index in [4.69, 9.17) is 4.74 Å². The van der Waals surface area contributed by atoms with E-state index in [-0.39, 0.29) is 17.5 Å². The topological polar surface area (TPSA) is 66.8 Å². The van der Waals surface area contributed by atoms with Gasteiger partial charge in [-0.3, -0.25) is 9.00 Å². The van der Waals surface area contributed by atoms with Crippen molar-refractivity contribution in [3.05, 3.63) is 29.3 Å². The van der Waals surface area contributed by atoms with Gasteiger partial charge in [-0.15, -0.1) is 0 Å². The van der Waals surface area contributed by atoms with Crippen LogP contribution in [0.25, 0.3) is 0 Å². The lowest BCUT2D eigenvalue weighted by molar-refractivity contribution is -0.134. The highest BCUT2D eigenvalue weighted by atomic mass is 32.2. The Bertz CT molecular complexity index is 934. The molecule has 0 amide bonds. The van der Waals surface area contributed by atoms with Crippen LogP contribution >= 0.6 is 0 Å².